The summed E-state index contributed by atoms with van der Waals surface area (Å²) >= 11 is 3.46. The Morgan fingerprint density at radius 1 is 0.667 bits per heavy atom. The van der Waals surface area contributed by atoms with Crippen LogP contribution in [0.2, 0.25) is 0 Å². The molecule has 8 heteroatoms. The van der Waals surface area contributed by atoms with Crippen molar-refractivity contribution in [3.8, 4) is 0 Å². The van der Waals surface area contributed by atoms with Crippen molar-refractivity contribution in [2.24, 2.45) is 10.2 Å². The molecule has 0 aromatic carbocycles. The monoisotopic (exact) mass is 530 g/mol. The molecule has 0 atom stereocenters. The number of unbranched alkanes of at least 4 members (excludes halogenated alkanes) is 7. The molecule has 0 aliphatic heterocycles. The van der Waals surface area contributed by atoms with E-state index in [1.54, 1.807) is 35.1 Å². The molecule has 0 spiro atoms. The highest BCUT2D eigenvalue weighted by atomic mass is 32.1. The summed E-state index contributed by atoms with van der Waals surface area (Å²) < 4.78 is 0. The van der Waals surface area contributed by atoms with Gasteiger partial charge in [0.15, 0.2) is 0 Å². The second kappa shape index (κ2) is 18.9. The molecule has 2 N–H and O–H groups in total. The Labute approximate surface area is 224 Å². The Morgan fingerprint density at radius 3 is 1.50 bits per heavy atom. The van der Waals surface area contributed by atoms with Gasteiger partial charge in [0.25, 0.3) is 0 Å². The summed E-state index contributed by atoms with van der Waals surface area (Å²) in [6.45, 7) is 4.39. The van der Waals surface area contributed by atoms with E-state index >= 15 is 0 Å². The van der Waals surface area contributed by atoms with E-state index in [-0.39, 0.29) is 11.8 Å². The van der Waals surface area contributed by atoms with Crippen LogP contribution in [0, 0.1) is 0 Å². The minimum Gasteiger partial charge on any atom is -0.273 e. The maximum atomic E-state index is 11.9. The van der Waals surface area contributed by atoms with Gasteiger partial charge >= 0.3 is 0 Å². The average Bonchev–Trinajstić information content (AvgIpc) is 3.52. The number of nitrogens with zero attached hydrogens (tertiary/aromatic N) is 2. The number of hydrogen-bond donors (Lipinski definition) is 2. The first kappa shape index (κ1) is 29.9. The first-order chi connectivity index (χ1) is 17.6. The smallest absolute Gasteiger partial charge is 0.240 e. The number of amides is 2. The van der Waals surface area contributed by atoms with Gasteiger partial charge in [-0.1, -0.05) is 52.4 Å². The van der Waals surface area contributed by atoms with Crippen LogP contribution in [0.25, 0.3) is 0 Å². The predicted octanol–water partition coefficient (Wildman–Crippen LogP) is 7.22. The van der Waals surface area contributed by atoms with Gasteiger partial charge in [0, 0.05) is 32.4 Å². The highest BCUT2D eigenvalue weighted by molar-refractivity contribution is 7.14. The molecule has 2 rings (SSSR count). The summed E-state index contributed by atoms with van der Waals surface area (Å²) in [7, 11) is 0. The number of carbonyl (C=O) groups is 2. The third-order valence-corrected chi connectivity index (χ3v) is 7.90. The molecule has 2 heterocycles. The topological polar surface area (TPSA) is 82.9 Å². The fourth-order valence-corrected chi connectivity index (χ4v) is 5.48. The Morgan fingerprint density at radius 2 is 1.08 bits per heavy atom. The maximum Gasteiger partial charge on any atom is 0.240 e. The van der Waals surface area contributed by atoms with Crippen LogP contribution in [-0.4, -0.2) is 24.2 Å². The lowest BCUT2D eigenvalue weighted by atomic mass is 10.1. The molecule has 0 bridgehead atoms. The van der Waals surface area contributed by atoms with Crippen LogP contribution < -0.4 is 10.9 Å². The van der Waals surface area contributed by atoms with Crippen molar-refractivity contribution >= 4 is 46.9 Å². The molecule has 0 aliphatic carbocycles. The molecule has 2 amide bonds. The Balaban J connectivity index is 1.43. The van der Waals surface area contributed by atoms with Crippen molar-refractivity contribution in [1.29, 1.82) is 0 Å². The van der Waals surface area contributed by atoms with Crippen LogP contribution in [0.1, 0.15) is 110 Å². The molecule has 0 unspecified atom stereocenters. The Bertz CT molecular complexity index is 873. The summed E-state index contributed by atoms with van der Waals surface area (Å²) in [5.41, 5.74) is 5.25. The van der Waals surface area contributed by atoms with Crippen molar-refractivity contribution in [3.63, 3.8) is 0 Å². The van der Waals surface area contributed by atoms with Gasteiger partial charge in [0.05, 0.1) is 12.4 Å². The van der Waals surface area contributed by atoms with Crippen molar-refractivity contribution in [2.75, 3.05) is 0 Å². The van der Waals surface area contributed by atoms with E-state index in [4.69, 9.17) is 0 Å². The Hall–Kier alpha value is -2.32. The lowest BCUT2D eigenvalue weighted by molar-refractivity contribution is -0.122. The number of carbonyl (C=O) groups excluding carboxylic acids is 2. The number of hydrazone groups is 2. The number of hydrogen-bond acceptors (Lipinski definition) is 6. The molecular formula is C28H42N4O2S2. The summed E-state index contributed by atoms with van der Waals surface area (Å²) in [5.74, 6) is -0.0723. The second-order valence-corrected chi connectivity index (χ2v) is 11.4. The van der Waals surface area contributed by atoms with Crippen LogP contribution in [-0.2, 0) is 22.4 Å². The molecular weight excluding hydrogens is 488 g/mol. The average molecular weight is 531 g/mol. The van der Waals surface area contributed by atoms with Gasteiger partial charge in [-0.3, -0.25) is 9.59 Å². The van der Waals surface area contributed by atoms with Crippen molar-refractivity contribution in [2.45, 2.75) is 104 Å². The molecule has 0 aliphatic rings. The zero-order chi connectivity index (χ0) is 25.8. The van der Waals surface area contributed by atoms with E-state index in [9.17, 15) is 9.59 Å². The van der Waals surface area contributed by atoms with Gasteiger partial charge in [-0.05, 0) is 62.8 Å². The fraction of sp³-hybridized carbons (Fsp3) is 0.571. The van der Waals surface area contributed by atoms with Gasteiger partial charge in [0.1, 0.15) is 0 Å². The van der Waals surface area contributed by atoms with Gasteiger partial charge in [-0.15, -0.1) is 22.7 Å². The summed E-state index contributed by atoms with van der Waals surface area (Å²) in [6.07, 6.45) is 17.4. The normalized spacial score (nSPS) is 11.5. The quantitative estimate of drug-likeness (QED) is 0.114. The fourth-order valence-electron chi connectivity index (χ4n) is 3.62. The predicted molar refractivity (Wildman–Crippen MR) is 154 cm³/mol. The highest BCUT2D eigenvalue weighted by Crippen LogP contribution is 2.18. The maximum absolute atomic E-state index is 11.9. The zero-order valence-electron chi connectivity index (χ0n) is 21.9. The first-order valence-electron chi connectivity index (χ1n) is 13.4. The molecule has 6 nitrogen and oxygen atoms in total. The Kier molecular flexibility index (Phi) is 15.7. The van der Waals surface area contributed by atoms with Crippen LogP contribution in [0.4, 0.5) is 0 Å². The number of aryl methyl sites for hydroxylation is 2. The number of thiophene rings is 2. The van der Waals surface area contributed by atoms with Crippen LogP contribution in [0.15, 0.2) is 34.5 Å². The molecule has 2 aromatic heterocycles. The summed E-state index contributed by atoms with van der Waals surface area (Å²) in [4.78, 5) is 28.7. The lowest BCUT2D eigenvalue weighted by Gasteiger charge is -2.02. The number of nitrogens with one attached hydrogen (secondary N) is 2. The minimum atomic E-state index is -0.0361. The van der Waals surface area contributed by atoms with Gasteiger partial charge in [-0.2, -0.15) is 10.2 Å². The van der Waals surface area contributed by atoms with E-state index in [0.717, 1.165) is 61.1 Å². The molecule has 0 saturated carbocycles. The first-order valence-corrected chi connectivity index (χ1v) is 15.0. The van der Waals surface area contributed by atoms with E-state index in [2.05, 4.69) is 59.2 Å². The van der Waals surface area contributed by atoms with Crippen LogP contribution >= 0.6 is 22.7 Å². The third kappa shape index (κ3) is 13.7. The molecule has 0 radical (unpaired) electrons. The largest absolute Gasteiger partial charge is 0.273 e. The standard InChI is InChI=1S/C28H42N4O2S2/c1-3-5-13-23-17-19-25(35-23)21-29-31-27(33)15-11-9-7-8-10-12-16-28(34)32-30-22-26-20-18-24(36-26)14-6-4-2/h17-22H,3-16H2,1-2H3,(H,31,33)(H,32,34)/b29-21-,30-22+. The van der Waals surface area contributed by atoms with Crippen molar-refractivity contribution < 1.29 is 9.59 Å². The lowest BCUT2D eigenvalue weighted by Crippen LogP contribution is -2.17. The van der Waals surface area contributed by atoms with E-state index in [1.807, 2.05) is 0 Å². The summed E-state index contributed by atoms with van der Waals surface area (Å²) in [5, 5.41) is 8.16. The molecule has 0 fully saturated rings. The molecule has 36 heavy (non-hydrogen) atoms. The van der Waals surface area contributed by atoms with Crippen molar-refractivity contribution in [3.05, 3.63) is 43.8 Å². The van der Waals surface area contributed by atoms with E-state index < -0.39 is 0 Å². The second-order valence-electron chi connectivity index (χ2n) is 9.02. The SMILES string of the molecule is CCCCc1ccc(/C=N\NC(=O)CCCCCCCCC(=O)N/N=C/c2ccc(CCCC)s2)s1. The van der Waals surface area contributed by atoms with Crippen LogP contribution in [0.5, 0.6) is 0 Å². The zero-order valence-corrected chi connectivity index (χ0v) is 23.5. The molecule has 0 saturated heterocycles. The van der Waals surface area contributed by atoms with Gasteiger partial charge in [-0.25, -0.2) is 10.9 Å². The van der Waals surface area contributed by atoms with Crippen molar-refractivity contribution in [1.82, 2.24) is 10.9 Å². The van der Waals surface area contributed by atoms with Gasteiger partial charge < -0.3 is 0 Å². The van der Waals surface area contributed by atoms with E-state index in [0.29, 0.717) is 12.8 Å². The van der Waals surface area contributed by atoms with Crippen LogP contribution in [0.3, 0.4) is 0 Å². The third-order valence-electron chi connectivity index (χ3n) is 5.74. The number of rotatable bonds is 19. The summed E-state index contributed by atoms with van der Waals surface area (Å²) in [6, 6.07) is 8.38. The van der Waals surface area contributed by atoms with E-state index in [1.165, 1.54) is 35.4 Å². The highest BCUT2D eigenvalue weighted by Gasteiger charge is 2.03. The minimum absolute atomic E-state index is 0.0361. The molecule has 198 valence electrons. The van der Waals surface area contributed by atoms with Gasteiger partial charge in [0.2, 0.25) is 11.8 Å². The molecule has 2 aromatic rings.